The summed E-state index contributed by atoms with van der Waals surface area (Å²) < 4.78 is 27.4. The van der Waals surface area contributed by atoms with Gasteiger partial charge in [-0.3, -0.25) is 4.79 Å². The Balaban J connectivity index is 1.75. The number of aromatic nitrogens is 1. The minimum absolute atomic E-state index is 0.156. The molecule has 0 unspecified atom stereocenters. The van der Waals surface area contributed by atoms with Crippen molar-refractivity contribution in [3.63, 3.8) is 0 Å². The molecule has 1 saturated heterocycles. The molecule has 0 atom stereocenters. The van der Waals surface area contributed by atoms with Gasteiger partial charge in [0.1, 0.15) is 0 Å². The first kappa shape index (κ1) is 18.8. The van der Waals surface area contributed by atoms with Crippen LogP contribution in [0.15, 0.2) is 34.5 Å². The standard InChI is InChI=1S/C17H22N4O3S2/c1-13-12-25-17(18-13)20-7-9-21(10-8-20)26(23,24)15-6-4-5-14(11-15)16(22)19(2)3/h4-6,11-12H,7-10H2,1-3H3. The molecule has 1 amide bonds. The van der Waals surface area contributed by atoms with Crippen LogP contribution in [0, 0.1) is 6.92 Å². The molecule has 0 radical (unpaired) electrons. The molecule has 26 heavy (non-hydrogen) atoms. The topological polar surface area (TPSA) is 73.8 Å². The summed E-state index contributed by atoms with van der Waals surface area (Å²) >= 11 is 1.57. The Morgan fingerprint density at radius 2 is 1.88 bits per heavy atom. The van der Waals surface area contributed by atoms with E-state index in [1.165, 1.54) is 15.3 Å². The molecule has 1 fully saturated rings. The molecule has 0 N–H and O–H groups in total. The number of hydrogen-bond donors (Lipinski definition) is 0. The van der Waals surface area contributed by atoms with Gasteiger partial charge in [0, 0.05) is 51.2 Å². The smallest absolute Gasteiger partial charge is 0.253 e. The maximum absolute atomic E-state index is 12.9. The van der Waals surface area contributed by atoms with E-state index in [2.05, 4.69) is 9.88 Å². The summed E-state index contributed by atoms with van der Waals surface area (Å²) in [7, 11) is -0.341. The van der Waals surface area contributed by atoms with E-state index in [4.69, 9.17) is 0 Å². The molecule has 3 rings (SSSR count). The van der Waals surface area contributed by atoms with Gasteiger partial charge in [0.05, 0.1) is 10.6 Å². The number of piperazine rings is 1. The molecular formula is C17H22N4O3S2. The van der Waals surface area contributed by atoms with Crippen molar-refractivity contribution in [1.29, 1.82) is 0 Å². The summed E-state index contributed by atoms with van der Waals surface area (Å²) in [5, 5.41) is 2.92. The number of hydrogen-bond acceptors (Lipinski definition) is 6. The van der Waals surface area contributed by atoms with Crippen molar-refractivity contribution in [3.8, 4) is 0 Å². The average Bonchev–Trinajstić information content (AvgIpc) is 3.07. The van der Waals surface area contributed by atoms with Crippen LogP contribution in [-0.2, 0) is 10.0 Å². The maximum atomic E-state index is 12.9. The third-order valence-electron chi connectivity index (χ3n) is 4.24. The maximum Gasteiger partial charge on any atom is 0.253 e. The van der Waals surface area contributed by atoms with Gasteiger partial charge in [-0.2, -0.15) is 4.31 Å². The Bertz CT molecular complexity index is 900. The summed E-state index contributed by atoms with van der Waals surface area (Å²) in [6.45, 7) is 3.94. The molecule has 9 heteroatoms. The van der Waals surface area contributed by atoms with Crippen LogP contribution in [0.5, 0.6) is 0 Å². The number of anilines is 1. The van der Waals surface area contributed by atoms with Gasteiger partial charge in [-0.1, -0.05) is 6.07 Å². The van der Waals surface area contributed by atoms with E-state index in [-0.39, 0.29) is 10.8 Å². The van der Waals surface area contributed by atoms with Gasteiger partial charge in [-0.05, 0) is 25.1 Å². The van der Waals surface area contributed by atoms with E-state index in [0.717, 1.165) is 10.8 Å². The molecule has 1 aliphatic rings. The fourth-order valence-corrected chi connectivity index (χ4v) is 5.13. The first-order valence-electron chi connectivity index (χ1n) is 8.28. The number of benzene rings is 1. The van der Waals surface area contributed by atoms with Crippen molar-refractivity contribution < 1.29 is 13.2 Å². The zero-order valence-electron chi connectivity index (χ0n) is 15.0. The lowest BCUT2D eigenvalue weighted by Gasteiger charge is -2.33. The SMILES string of the molecule is Cc1csc(N2CCN(S(=O)(=O)c3cccc(C(=O)N(C)C)c3)CC2)n1. The zero-order chi connectivity index (χ0) is 18.9. The molecule has 1 aliphatic heterocycles. The first-order valence-corrected chi connectivity index (χ1v) is 10.6. The number of thiazole rings is 1. The van der Waals surface area contributed by atoms with Crippen LogP contribution < -0.4 is 4.90 Å². The van der Waals surface area contributed by atoms with E-state index in [0.29, 0.717) is 31.7 Å². The van der Waals surface area contributed by atoms with Gasteiger partial charge in [-0.15, -0.1) is 11.3 Å². The second kappa shape index (κ2) is 7.34. The lowest BCUT2D eigenvalue weighted by molar-refractivity contribution is 0.0827. The minimum Gasteiger partial charge on any atom is -0.345 e. The summed E-state index contributed by atoms with van der Waals surface area (Å²) in [6, 6.07) is 6.23. The lowest BCUT2D eigenvalue weighted by atomic mass is 10.2. The lowest BCUT2D eigenvalue weighted by Crippen LogP contribution is -2.48. The van der Waals surface area contributed by atoms with Crippen molar-refractivity contribution in [3.05, 3.63) is 40.9 Å². The van der Waals surface area contributed by atoms with Crippen LogP contribution in [0.25, 0.3) is 0 Å². The van der Waals surface area contributed by atoms with E-state index in [9.17, 15) is 13.2 Å². The van der Waals surface area contributed by atoms with Crippen molar-refractivity contribution in [2.75, 3.05) is 45.2 Å². The molecule has 0 saturated carbocycles. The number of sulfonamides is 1. The van der Waals surface area contributed by atoms with Crippen molar-refractivity contribution >= 4 is 32.4 Å². The van der Waals surface area contributed by atoms with Crippen LogP contribution in [0.4, 0.5) is 5.13 Å². The average molecular weight is 395 g/mol. The molecule has 0 spiro atoms. The zero-order valence-corrected chi connectivity index (χ0v) is 16.7. The molecule has 1 aromatic heterocycles. The van der Waals surface area contributed by atoms with Crippen molar-refractivity contribution in [1.82, 2.24) is 14.2 Å². The Hall–Kier alpha value is -1.97. The van der Waals surface area contributed by atoms with Gasteiger partial charge in [0.15, 0.2) is 5.13 Å². The summed E-state index contributed by atoms with van der Waals surface area (Å²) in [5.74, 6) is -0.217. The molecular weight excluding hydrogens is 372 g/mol. The van der Waals surface area contributed by atoms with E-state index < -0.39 is 10.0 Å². The fourth-order valence-electron chi connectivity index (χ4n) is 2.80. The fraction of sp³-hybridized carbons (Fsp3) is 0.412. The normalized spacial score (nSPS) is 15.9. The largest absolute Gasteiger partial charge is 0.345 e. The highest BCUT2D eigenvalue weighted by Crippen LogP contribution is 2.24. The van der Waals surface area contributed by atoms with Crippen molar-refractivity contribution in [2.45, 2.75) is 11.8 Å². The molecule has 2 heterocycles. The summed E-state index contributed by atoms with van der Waals surface area (Å²) in [6.07, 6.45) is 0. The van der Waals surface area contributed by atoms with Crippen LogP contribution in [0.3, 0.4) is 0 Å². The number of rotatable bonds is 4. The predicted octanol–water partition coefficient (Wildman–Crippen LogP) is 1.66. The quantitative estimate of drug-likeness (QED) is 0.789. The third-order valence-corrected chi connectivity index (χ3v) is 7.15. The highest BCUT2D eigenvalue weighted by molar-refractivity contribution is 7.89. The highest BCUT2D eigenvalue weighted by Gasteiger charge is 2.29. The monoisotopic (exact) mass is 394 g/mol. The van der Waals surface area contributed by atoms with Gasteiger partial charge >= 0.3 is 0 Å². The van der Waals surface area contributed by atoms with E-state index in [1.54, 1.807) is 43.6 Å². The molecule has 0 bridgehead atoms. The van der Waals surface area contributed by atoms with Crippen LogP contribution in [0.1, 0.15) is 16.1 Å². The Morgan fingerprint density at radius 1 is 1.19 bits per heavy atom. The van der Waals surface area contributed by atoms with Crippen molar-refractivity contribution in [2.24, 2.45) is 0 Å². The first-order chi connectivity index (χ1) is 12.3. The third kappa shape index (κ3) is 3.74. The Labute approximate surface area is 157 Å². The molecule has 1 aromatic carbocycles. The van der Waals surface area contributed by atoms with Crippen LogP contribution >= 0.6 is 11.3 Å². The number of aryl methyl sites for hydroxylation is 1. The second-order valence-corrected chi connectivity index (χ2v) is 9.16. The molecule has 2 aromatic rings. The van der Waals surface area contributed by atoms with E-state index in [1.807, 2.05) is 12.3 Å². The molecule has 7 nitrogen and oxygen atoms in total. The summed E-state index contributed by atoms with van der Waals surface area (Å²) in [5.41, 5.74) is 1.34. The van der Waals surface area contributed by atoms with Gasteiger partial charge < -0.3 is 9.80 Å². The number of amides is 1. The van der Waals surface area contributed by atoms with Crippen LogP contribution in [-0.4, -0.2) is 68.8 Å². The minimum atomic E-state index is -3.63. The summed E-state index contributed by atoms with van der Waals surface area (Å²) in [4.78, 5) is 20.3. The van der Waals surface area contributed by atoms with Gasteiger partial charge in [-0.25, -0.2) is 13.4 Å². The predicted molar refractivity (Wildman–Crippen MR) is 102 cm³/mol. The molecule has 0 aliphatic carbocycles. The Morgan fingerprint density at radius 3 is 2.46 bits per heavy atom. The Kier molecular flexibility index (Phi) is 5.31. The number of carbonyl (C=O) groups is 1. The number of carbonyl (C=O) groups excluding carboxylic acids is 1. The van der Waals surface area contributed by atoms with E-state index >= 15 is 0 Å². The second-order valence-electron chi connectivity index (χ2n) is 6.39. The van der Waals surface area contributed by atoms with Crippen LogP contribution in [0.2, 0.25) is 0 Å². The van der Waals surface area contributed by atoms with Gasteiger partial charge in [0.25, 0.3) is 5.91 Å². The van der Waals surface area contributed by atoms with Gasteiger partial charge in [0.2, 0.25) is 10.0 Å². The highest BCUT2D eigenvalue weighted by atomic mass is 32.2. The number of nitrogens with zero attached hydrogens (tertiary/aromatic N) is 4. The molecule has 140 valence electrons.